The zero-order chi connectivity index (χ0) is 22.6. The zero-order valence-corrected chi connectivity index (χ0v) is 19.5. The average molecular weight is 454 g/mol. The van der Waals surface area contributed by atoms with E-state index in [1.807, 2.05) is 50.2 Å². The van der Waals surface area contributed by atoms with Crippen molar-refractivity contribution in [2.75, 3.05) is 12.3 Å². The summed E-state index contributed by atoms with van der Waals surface area (Å²) in [6.45, 7) is 4.29. The Morgan fingerprint density at radius 3 is 2.41 bits per heavy atom. The number of sulfonamides is 1. The quantitative estimate of drug-likeness (QED) is 0.467. The second-order valence-corrected chi connectivity index (χ2v) is 11.0. The van der Waals surface area contributed by atoms with E-state index in [4.69, 9.17) is 4.52 Å². The predicted molar refractivity (Wildman–Crippen MR) is 125 cm³/mol. The van der Waals surface area contributed by atoms with Gasteiger partial charge in [-0.25, -0.2) is 8.42 Å². The molecule has 170 valence electrons. The second kappa shape index (κ2) is 9.96. The molecule has 2 atom stereocenters. The van der Waals surface area contributed by atoms with Crippen LogP contribution in [0.4, 0.5) is 0 Å². The number of aromatic nitrogens is 2. The summed E-state index contributed by atoms with van der Waals surface area (Å²) < 4.78 is 33.5. The van der Waals surface area contributed by atoms with Gasteiger partial charge in [-0.1, -0.05) is 79.7 Å². The lowest BCUT2D eigenvalue weighted by atomic mass is 9.96. The second-order valence-electron chi connectivity index (χ2n) is 8.99. The van der Waals surface area contributed by atoms with Gasteiger partial charge in [-0.3, -0.25) is 0 Å². The first-order valence-electron chi connectivity index (χ1n) is 11.3. The van der Waals surface area contributed by atoms with Crippen LogP contribution >= 0.6 is 0 Å². The molecule has 0 spiro atoms. The standard InChI is InChI=1S/C25H31N3O3S/c1-19(2)18-32(29,30)28-17-22(21-13-7-4-8-14-21)16-23(28)25-26-24(27-31-25)15-9-12-20-10-5-3-6-11-20/h3-8,10-11,13-14,19,22-23H,9,12,15-18H2,1-2H3/t22-,23+/m1/s1. The Morgan fingerprint density at radius 1 is 1.03 bits per heavy atom. The van der Waals surface area contributed by atoms with E-state index in [9.17, 15) is 8.42 Å². The summed E-state index contributed by atoms with van der Waals surface area (Å²) in [6.07, 6.45) is 3.20. The molecule has 0 unspecified atom stereocenters. The van der Waals surface area contributed by atoms with Gasteiger partial charge in [-0.15, -0.1) is 0 Å². The maximum Gasteiger partial charge on any atom is 0.245 e. The molecule has 1 fully saturated rings. The van der Waals surface area contributed by atoms with Crippen molar-refractivity contribution in [1.82, 2.24) is 14.4 Å². The molecule has 0 radical (unpaired) electrons. The maximum absolute atomic E-state index is 13.2. The van der Waals surface area contributed by atoms with Gasteiger partial charge < -0.3 is 4.52 Å². The number of aryl methyl sites for hydroxylation is 2. The minimum Gasteiger partial charge on any atom is -0.338 e. The Labute approximate surface area is 190 Å². The molecule has 3 aromatic rings. The van der Waals surface area contributed by atoms with Crippen LogP contribution in [0.15, 0.2) is 65.2 Å². The largest absolute Gasteiger partial charge is 0.338 e. The van der Waals surface area contributed by atoms with Crippen LogP contribution in [0.2, 0.25) is 0 Å². The van der Waals surface area contributed by atoms with Gasteiger partial charge in [-0.05, 0) is 42.2 Å². The van der Waals surface area contributed by atoms with Gasteiger partial charge in [0, 0.05) is 13.0 Å². The fourth-order valence-corrected chi connectivity index (χ4v) is 6.43. The van der Waals surface area contributed by atoms with E-state index in [2.05, 4.69) is 34.4 Å². The average Bonchev–Trinajstić information content (AvgIpc) is 3.42. The van der Waals surface area contributed by atoms with Gasteiger partial charge in [0.15, 0.2) is 5.82 Å². The Hall–Kier alpha value is -2.51. The highest BCUT2D eigenvalue weighted by Gasteiger charge is 2.43. The molecule has 1 aliphatic heterocycles. The number of nitrogens with zero attached hydrogens (tertiary/aromatic N) is 3. The molecular formula is C25H31N3O3S. The van der Waals surface area contributed by atoms with Crippen molar-refractivity contribution in [3.05, 3.63) is 83.5 Å². The Bertz CT molecular complexity index is 1100. The molecule has 32 heavy (non-hydrogen) atoms. The number of rotatable bonds is 9. The van der Waals surface area contributed by atoms with Crippen molar-refractivity contribution in [2.45, 2.75) is 51.5 Å². The summed E-state index contributed by atoms with van der Waals surface area (Å²) in [5.74, 6) is 1.32. The zero-order valence-electron chi connectivity index (χ0n) is 18.7. The van der Waals surface area contributed by atoms with Crippen LogP contribution in [0, 0.1) is 5.92 Å². The minimum absolute atomic E-state index is 0.0488. The van der Waals surface area contributed by atoms with E-state index in [0.29, 0.717) is 31.1 Å². The summed E-state index contributed by atoms with van der Waals surface area (Å²) in [7, 11) is -3.44. The molecule has 6 nitrogen and oxygen atoms in total. The lowest BCUT2D eigenvalue weighted by Crippen LogP contribution is -2.34. The summed E-state index contributed by atoms with van der Waals surface area (Å²) >= 11 is 0. The molecular weight excluding hydrogens is 422 g/mol. The lowest BCUT2D eigenvalue weighted by molar-refractivity contribution is 0.288. The summed E-state index contributed by atoms with van der Waals surface area (Å²) in [6, 6.07) is 20.0. The van der Waals surface area contributed by atoms with Crippen molar-refractivity contribution in [3.63, 3.8) is 0 Å². The molecule has 7 heteroatoms. The highest BCUT2D eigenvalue weighted by Crippen LogP contribution is 2.42. The fraction of sp³-hybridized carbons (Fsp3) is 0.440. The van der Waals surface area contributed by atoms with E-state index in [1.54, 1.807) is 4.31 Å². The smallest absolute Gasteiger partial charge is 0.245 e. The third-order valence-corrected chi connectivity index (χ3v) is 8.11. The van der Waals surface area contributed by atoms with Crippen LogP contribution in [0.25, 0.3) is 0 Å². The van der Waals surface area contributed by atoms with Gasteiger partial charge in [0.05, 0.1) is 5.75 Å². The number of hydrogen-bond donors (Lipinski definition) is 0. The lowest BCUT2D eigenvalue weighted by Gasteiger charge is -2.22. The Balaban J connectivity index is 1.50. The molecule has 0 amide bonds. The number of hydrogen-bond acceptors (Lipinski definition) is 5. The first kappa shape index (κ1) is 22.7. The van der Waals surface area contributed by atoms with Crippen molar-refractivity contribution >= 4 is 10.0 Å². The molecule has 2 heterocycles. The molecule has 0 aliphatic carbocycles. The molecule has 2 aromatic carbocycles. The first-order chi connectivity index (χ1) is 15.4. The van der Waals surface area contributed by atoms with Crippen LogP contribution in [0.1, 0.15) is 61.5 Å². The number of benzene rings is 2. The van der Waals surface area contributed by atoms with Crippen LogP contribution in [-0.4, -0.2) is 35.2 Å². The van der Waals surface area contributed by atoms with Crippen molar-refractivity contribution in [2.24, 2.45) is 5.92 Å². The van der Waals surface area contributed by atoms with Crippen molar-refractivity contribution in [1.29, 1.82) is 0 Å². The monoisotopic (exact) mass is 453 g/mol. The third-order valence-electron chi connectivity index (χ3n) is 5.91. The Morgan fingerprint density at radius 2 is 1.72 bits per heavy atom. The Kier molecular flexibility index (Phi) is 7.06. The minimum atomic E-state index is -3.44. The molecule has 1 aromatic heterocycles. The fourth-order valence-electron chi connectivity index (χ4n) is 4.42. The van der Waals surface area contributed by atoms with E-state index < -0.39 is 16.1 Å². The maximum atomic E-state index is 13.2. The van der Waals surface area contributed by atoms with Gasteiger partial charge in [0.2, 0.25) is 15.9 Å². The highest BCUT2D eigenvalue weighted by molar-refractivity contribution is 7.89. The summed E-state index contributed by atoms with van der Waals surface area (Å²) in [5, 5.41) is 4.16. The van der Waals surface area contributed by atoms with E-state index in [-0.39, 0.29) is 17.6 Å². The topological polar surface area (TPSA) is 76.3 Å². The van der Waals surface area contributed by atoms with Crippen molar-refractivity contribution < 1.29 is 12.9 Å². The van der Waals surface area contributed by atoms with Crippen LogP contribution in [0.5, 0.6) is 0 Å². The normalized spacial score (nSPS) is 19.6. The molecule has 1 saturated heterocycles. The van der Waals surface area contributed by atoms with Crippen LogP contribution < -0.4 is 0 Å². The molecule has 0 saturated carbocycles. The van der Waals surface area contributed by atoms with Gasteiger partial charge in [0.1, 0.15) is 6.04 Å². The predicted octanol–water partition coefficient (Wildman–Crippen LogP) is 4.76. The van der Waals surface area contributed by atoms with E-state index >= 15 is 0 Å². The SMILES string of the molecule is CC(C)CS(=O)(=O)N1C[C@H](c2ccccc2)C[C@H]1c1nc(CCCc2ccccc2)no1. The van der Waals surface area contributed by atoms with Gasteiger partial charge >= 0.3 is 0 Å². The summed E-state index contributed by atoms with van der Waals surface area (Å²) in [5.41, 5.74) is 2.42. The van der Waals surface area contributed by atoms with Gasteiger partial charge in [-0.2, -0.15) is 9.29 Å². The van der Waals surface area contributed by atoms with Crippen molar-refractivity contribution in [3.8, 4) is 0 Å². The van der Waals surface area contributed by atoms with Crippen LogP contribution in [-0.2, 0) is 22.9 Å². The first-order valence-corrected chi connectivity index (χ1v) is 12.9. The van der Waals surface area contributed by atoms with E-state index in [1.165, 1.54) is 5.56 Å². The van der Waals surface area contributed by atoms with E-state index in [0.717, 1.165) is 18.4 Å². The third kappa shape index (κ3) is 5.45. The molecule has 1 aliphatic rings. The van der Waals surface area contributed by atoms with Crippen LogP contribution in [0.3, 0.4) is 0 Å². The summed E-state index contributed by atoms with van der Waals surface area (Å²) in [4.78, 5) is 4.61. The molecule has 0 N–H and O–H groups in total. The highest BCUT2D eigenvalue weighted by atomic mass is 32.2. The molecule has 0 bridgehead atoms. The van der Waals surface area contributed by atoms with Gasteiger partial charge in [0.25, 0.3) is 0 Å². The molecule has 4 rings (SSSR count).